The normalized spacial score (nSPS) is 16.3. The highest BCUT2D eigenvalue weighted by Gasteiger charge is 2.26. The fourth-order valence-corrected chi connectivity index (χ4v) is 6.33. The molecular weight excluding hydrogens is 416 g/mol. The first-order valence-corrected chi connectivity index (χ1v) is 12.0. The van der Waals surface area contributed by atoms with Crippen molar-refractivity contribution in [2.45, 2.75) is 37.1 Å². The number of hydrogen-bond acceptors (Lipinski definition) is 4. The van der Waals surface area contributed by atoms with Gasteiger partial charge in [-0.1, -0.05) is 54.0 Å². The lowest BCUT2D eigenvalue weighted by atomic mass is 10.2. The molecule has 1 aromatic heterocycles. The fraction of sp³-hybridized carbons (Fsp3) is 0.350. The summed E-state index contributed by atoms with van der Waals surface area (Å²) in [6.45, 7) is 1.48. The second kappa shape index (κ2) is 7.99. The predicted octanol–water partition coefficient (Wildman–Crippen LogP) is 4.33. The van der Waals surface area contributed by atoms with Crippen LogP contribution >= 0.6 is 22.9 Å². The summed E-state index contributed by atoms with van der Waals surface area (Å²) < 4.78 is 30.0. The first-order chi connectivity index (χ1) is 13.5. The Kier molecular flexibility index (Phi) is 5.60. The summed E-state index contributed by atoms with van der Waals surface area (Å²) in [5.41, 5.74) is 1.58. The van der Waals surface area contributed by atoms with Gasteiger partial charge < -0.3 is 0 Å². The van der Waals surface area contributed by atoms with Gasteiger partial charge in [0.15, 0.2) is 0 Å². The summed E-state index contributed by atoms with van der Waals surface area (Å²) in [7, 11) is -3.54. The molecule has 0 saturated carbocycles. The molecule has 2 aromatic carbocycles. The SMILES string of the molecule is O=c1sc2cc(S(=O)(=O)N3CCCCCC3)ccc2n1Cc1ccccc1Cl. The van der Waals surface area contributed by atoms with Gasteiger partial charge in [-0.15, -0.1) is 0 Å². The van der Waals surface area contributed by atoms with Crippen molar-refractivity contribution >= 4 is 43.2 Å². The minimum absolute atomic E-state index is 0.126. The summed E-state index contributed by atoms with van der Waals surface area (Å²) in [5.74, 6) is 0. The standard InChI is InChI=1S/C20H21ClN2O3S2/c21-17-8-4-3-7-15(17)14-23-18-10-9-16(13-19(18)27-20(23)24)28(25,26)22-11-5-1-2-6-12-22/h3-4,7-10,13H,1-2,5-6,11-12,14H2. The molecule has 0 spiro atoms. The van der Waals surface area contributed by atoms with E-state index in [9.17, 15) is 13.2 Å². The van der Waals surface area contributed by atoms with Crippen molar-refractivity contribution < 1.29 is 8.42 Å². The third-order valence-corrected chi connectivity index (χ3v) is 8.33. The summed E-state index contributed by atoms with van der Waals surface area (Å²) >= 11 is 7.30. The van der Waals surface area contributed by atoms with Crippen molar-refractivity contribution in [1.82, 2.24) is 8.87 Å². The molecule has 0 amide bonds. The Labute approximate surface area is 173 Å². The maximum absolute atomic E-state index is 13.0. The number of benzene rings is 2. The van der Waals surface area contributed by atoms with E-state index in [0.29, 0.717) is 29.4 Å². The second-order valence-electron chi connectivity index (χ2n) is 6.99. The molecule has 5 nitrogen and oxygen atoms in total. The van der Waals surface area contributed by atoms with Crippen LogP contribution in [0.5, 0.6) is 0 Å². The van der Waals surface area contributed by atoms with Crippen molar-refractivity contribution in [3.63, 3.8) is 0 Å². The van der Waals surface area contributed by atoms with E-state index < -0.39 is 10.0 Å². The van der Waals surface area contributed by atoms with Crippen molar-refractivity contribution in [3.05, 3.63) is 62.7 Å². The molecule has 8 heteroatoms. The summed E-state index contributed by atoms with van der Waals surface area (Å²) in [4.78, 5) is 12.7. The lowest BCUT2D eigenvalue weighted by Gasteiger charge is -2.19. The Morgan fingerprint density at radius 1 is 1.00 bits per heavy atom. The van der Waals surface area contributed by atoms with E-state index in [1.54, 1.807) is 33.1 Å². The van der Waals surface area contributed by atoms with Gasteiger partial charge in [0.2, 0.25) is 10.0 Å². The van der Waals surface area contributed by atoms with Gasteiger partial charge in [0, 0.05) is 18.1 Å². The molecule has 0 radical (unpaired) electrons. The highest BCUT2D eigenvalue weighted by Crippen LogP contribution is 2.26. The van der Waals surface area contributed by atoms with Crippen molar-refractivity contribution in [1.29, 1.82) is 0 Å². The molecule has 1 saturated heterocycles. The van der Waals surface area contributed by atoms with Crippen LogP contribution in [0.2, 0.25) is 5.02 Å². The van der Waals surface area contributed by atoms with E-state index in [4.69, 9.17) is 11.6 Å². The van der Waals surface area contributed by atoms with Crippen LogP contribution in [0.1, 0.15) is 31.2 Å². The molecule has 1 fully saturated rings. The van der Waals surface area contributed by atoms with Crippen molar-refractivity contribution in [3.8, 4) is 0 Å². The first kappa shape index (κ1) is 19.6. The number of nitrogens with zero attached hydrogens (tertiary/aromatic N) is 2. The Balaban J connectivity index is 1.71. The maximum Gasteiger partial charge on any atom is 0.308 e. The van der Waals surface area contributed by atoms with Crippen LogP contribution in [-0.4, -0.2) is 30.4 Å². The zero-order valence-corrected chi connectivity index (χ0v) is 17.7. The number of fused-ring (bicyclic) bond motifs is 1. The minimum Gasteiger partial charge on any atom is -0.294 e. The van der Waals surface area contributed by atoms with Crippen LogP contribution in [0.15, 0.2) is 52.2 Å². The van der Waals surface area contributed by atoms with Gasteiger partial charge in [0.25, 0.3) is 0 Å². The van der Waals surface area contributed by atoms with Crippen LogP contribution in [0, 0.1) is 0 Å². The van der Waals surface area contributed by atoms with Gasteiger partial charge in [-0.25, -0.2) is 8.42 Å². The van der Waals surface area contributed by atoms with Crippen LogP contribution < -0.4 is 4.87 Å². The molecule has 1 aliphatic rings. The van der Waals surface area contributed by atoms with E-state index in [1.807, 2.05) is 18.2 Å². The molecular formula is C20H21ClN2O3S2. The third-order valence-electron chi connectivity index (χ3n) is 5.13. The van der Waals surface area contributed by atoms with Gasteiger partial charge in [-0.2, -0.15) is 4.31 Å². The quantitative estimate of drug-likeness (QED) is 0.611. The van der Waals surface area contributed by atoms with Gasteiger partial charge in [0.05, 0.1) is 21.7 Å². The van der Waals surface area contributed by atoms with Gasteiger partial charge >= 0.3 is 4.87 Å². The lowest BCUT2D eigenvalue weighted by Crippen LogP contribution is -2.31. The van der Waals surface area contributed by atoms with Crippen LogP contribution in [0.4, 0.5) is 0 Å². The molecule has 0 bridgehead atoms. The van der Waals surface area contributed by atoms with Crippen LogP contribution in [-0.2, 0) is 16.6 Å². The topological polar surface area (TPSA) is 59.4 Å². The minimum atomic E-state index is -3.54. The monoisotopic (exact) mass is 436 g/mol. The van der Waals surface area contributed by atoms with Gasteiger partial charge in [0.1, 0.15) is 0 Å². The predicted molar refractivity (Wildman–Crippen MR) is 114 cm³/mol. The van der Waals surface area contributed by atoms with E-state index in [1.165, 1.54) is 0 Å². The molecule has 0 N–H and O–H groups in total. The second-order valence-corrected chi connectivity index (χ2v) is 10.3. The summed E-state index contributed by atoms with van der Waals surface area (Å²) in [6, 6.07) is 12.4. The van der Waals surface area contributed by atoms with Crippen molar-refractivity contribution in [2.75, 3.05) is 13.1 Å². The van der Waals surface area contributed by atoms with E-state index in [-0.39, 0.29) is 9.77 Å². The molecule has 148 valence electrons. The number of sulfonamides is 1. The Morgan fingerprint density at radius 2 is 1.71 bits per heavy atom. The summed E-state index contributed by atoms with van der Waals surface area (Å²) in [6.07, 6.45) is 3.92. The van der Waals surface area contributed by atoms with E-state index in [0.717, 1.165) is 48.1 Å². The van der Waals surface area contributed by atoms with E-state index >= 15 is 0 Å². The molecule has 0 aliphatic carbocycles. The van der Waals surface area contributed by atoms with Crippen LogP contribution in [0.3, 0.4) is 0 Å². The largest absolute Gasteiger partial charge is 0.308 e. The number of thiazole rings is 1. The molecule has 2 heterocycles. The molecule has 3 aromatic rings. The Hall–Kier alpha value is -1.67. The third kappa shape index (κ3) is 3.76. The lowest BCUT2D eigenvalue weighted by molar-refractivity contribution is 0.424. The van der Waals surface area contributed by atoms with Crippen molar-refractivity contribution in [2.24, 2.45) is 0 Å². The molecule has 4 rings (SSSR count). The smallest absolute Gasteiger partial charge is 0.294 e. The van der Waals surface area contributed by atoms with Gasteiger partial charge in [-0.05, 0) is 42.7 Å². The van der Waals surface area contributed by atoms with Gasteiger partial charge in [-0.3, -0.25) is 9.36 Å². The molecule has 0 atom stereocenters. The van der Waals surface area contributed by atoms with Crippen LogP contribution in [0.25, 0.3) is 10.2 Å². The zero-order valence-electron chi connectivity index (χ0n) is 15.3. The number of halogens is 1. The number of rotatable bonds is 4. The molecule has 1 aliphatic heterocycles. The fourth-order valence-electron chi connectivity index (χ4n) is 3.58. The Bertz CT molecular complexity index is 1160. The number of hydrogen-bond donors (Lipinski definition) is 0. The highest BCUT2D eigenvalue weighted by atomic mass is 35.5. The molecule has 0 unspecified atom stereocenters. The molecule has 28 heavy (non-hydrogen) atoms. The average Bonchev–Trinajstić information content (AvgIpc) is 2.86. The highest BCUT2D eigenvalue weighted by molar-refractivity contribution is 7.89. The van der Waals surface area contributed by atoms with E-state index in [2.05, 4.69) is 0 Å². The summed E-state index contributed by atoms with van der Waals surface area (Å²) in [5, 5.41) is 0.606. The average molecular weight is 437 g/mol. The zero-order chi connectivity index (χ0) is 19.7. The first-order valence-electron chi connectivity index (χ1n) is 9.34. The number of aromatic nitrogens is 1. The maximum atomic E-state index is 13.0. The Morgan fingerprint density at radius 3 is 2.43 bits per heavy atom.